The number of nitrogens with two attached hydrogens (primary N) is 2. The number of aliphatic carboxylic acids is 1. The molecule has 0 aliphatic heterocycles. The van der Waals surface area contributed by atoms with Gasteiger partial charge in [-0.1, -0.05) is 30.3 Å². The SMILES string of the molecule is CC(NC(=O)C(N)Cc1ccccc1)C(=O)NC(Cc1cnc[nH]1)C(=O)NC(CC(N)=O)C(=O)O. The second-order valence-electron chi connectivity index (χ2n) is 7.94. The summed E-state index contributed by atoms with van der Waals surface area (Å²) in [6.07, 6.45) is 2.38. The van der Waals surface area contributed by atoms with Gasteiger partial charge in [0.25, 0.3) is 0 Å². The summed E-state index contributed by atoms with van der Waals surface area (Å²) in [5, 5.41) is 16.4. The summed E-state index contributed by atoms with van der Waals surface area (Å²) in [7, 11) is 0. The first-order chi connectivity index (χ1) is 16.6. The summed E-state index contributed by atoms with van der Waals surface area (Å²) in [6, 6.07) is 4.35. The molecule has 13 heteroatoms. The molecule has 0 saturated carbocycles. The summed E-state index contributed by atoms with van der Waals surface area (Å²) in [6.45, 7) is 1.42. The van der Waals surface area contributed by atoms with E-state index in [1.54, 1.807) is 0 Å². The molecule has 0 aliphatic rings. The Labute approximate surface area is 201 Å². The van der Waals surface area contributed by atoms with Crippen LogP contribution in [0.5, 0.6) is 0 Å². The lowest BCUT2D eigenvalue weighted by Crippen LogP contribution is -2.57. The summed E-state index contributed by atoms with van der Waals surface area (Å²) >= 11 is 0. The molecular weight excluding hydrogens is 458 g/mol. The van der Waals surface area contributed by atoms with E-state index in [0.717, 1.165) is 5.56 Å². The topological polar surface area (TPSA) is 222 Å². The van der Waals surface area contributed by atoms with Gasteiger partial charge in [0, 0.05) is 18.3 Å². The highest BCUT2D eigenvalue weighted by Crippen LogP contribution is 2.04. The van der Waals surface area contributed by atoms with Crippen molar-refractivity contribution in [2.75, 3.05) is 0 Å². The number of nitrogens with zero attached hydrogens (tertiary/aromatic N) is 1. The van der Waals surface area contributed by atoms with Crippen LogP contribution in [0.15, 0.2) is 42.9 Å². The van der Waals surface area contributed by atoms with Crippen molar-refractivity contribution in [3.63, 3.8) is 0 Å². The highest BCUT2D eigenvalue weighted by Gasteiger charge is 2.30. The third kappa shape index (κ3) is 8.89. The molecule has 2 aromatic rings. The number of hydrogen-bond acceptors (Lipinski definition) is 7. The van der Waals surface area contributed by atoms with Crippen LogP contribution in [0.4, 0.5) is 0 Å². The molecule has 35 heavy (non-hydrogen) atoms. The number of rotatable bonds is 13. The third-order valence-corrected chi connectivity index (χ3v) is 5.02. The van der Waals surface area contributed by atoms with E-state index in [4.69, 9.17) is 11.5 Å². The number of nitrogens with one attached hydrogen (secondary N) is 4. The Morgan fingerprint density at radius 3 is 2.20 bits per heavy atom. The second kappa shape index (κ2) is 12.8. The van der Waals surface area contributed by atoms with Crippen LogP contribution in [0.3, 0.4) is 0 Å². The van der Waals surface area contributed by atoms with E-state index in [9.17, 15) is 29.1 Å². The van der Waals surface area contributed by atoms with Crippen LogP contribution in [-0.2, 0) is 36.8 Å². The van der Waals surface area contributed by atoms with Crippen LogP contribution >= 0.6 is 0 Å². The van der Waals surface area contributed by atoms with E-state index in [0.29, 0.717) is 5.69 Å². The van der Waals surface area contributed by atoms with Crippen molar-refractivity contribution in [1.29, 1.82) is 0 Å². The van der Waals surface area contributed by atoms with Crippen molar-refractivity contribution < 1.29 is 29.1 Å². The Hall–Kier alpha value is -4.26. The Kier molecular flexibility index (Phi) is 9.90. The van der Waals surface area contributed by atoms with E-state index in [1.165, 1.54) is 19.4 Å². The Balaban J connectivity index is 2.03. The van der Waals surface area contributed by atoms with Gasteiger partial charge in [-0.3, -0.25) is 19.2 Å². The molecule has 0 radical (unpaired) electrons. The average Bonchev–Trinajstić information content (AvgIpc) is 3.31. The first-order valence-electron chi connectivity index (χ1n) is 10.8. The lowest BCUT2D eigenvalue weighted by atomic mass is 10.1. The van der Waals surface area contributed by atoms with Gasteiger partial charge in [-0.05, 0) is 18.9 Å². The molecule has 1 heterocycles. The summed E-state index contributed by atoms with van der Waals surface area (Å²) in [5.41, 5.74) is 12.3. The summed E-state index contributed by atoms with van der Waals surface area (Å²) in [5.74, 6) is -4.50. The average molecular weight is 488 g/mol. The predicted molar refractivity (Wildman–Crippen MR) is 123 cm³/mol. The van der Waals surface area contributed by atoms with Gasteiger partial charge in [0.15, 0.2) is 0 Å². The number of carbonyl (C=O) groups excluding carboxylic acids is 4. The molecule has 2 rings (SSSR count). The van der Waals surface area contributed by atoms with Crippen LogP contribution in [-0.4, -0.2) is 68.8 Å². The van der Waals surface area contributed by atoms with Crippen LogP contribution in [0.25, 0.3) is 0 Å². The number of carbonyl (C=O) groups is 5. The molecule has 0 bridgehead atoms. The number of imidazole rings is 1. The fourth-order valence-corrected chi connectivity index (χ4v) is 3.14. The first-order valence-corrected chi connectivity index (χ1v) is 10.8. The molecule has 4 amide bonds. The maximum absolute atomic E-state index is 12.8. The highest BCUT2D eigenvalue weighted by atomic mass is 16.4. The Morgan fingerprint density at radius 1 is 0.971 bits per heavy atom. The molecule has 0 saturated heterocycles. The van der Waals surface area contributed by atoms with Crippen LogP contribution < -0.4 is 27.4 Å². The molecular formula is C22H29N7O6. The van der Waals surface area contributed by atoms with Gasteiger partial charge in [-0.15, -0.1) is 0 Å². The van der Waals surface area contributed by atoms with Crippen molar-refractivity contribution in [3.05, 3.63) is 54.1 Å². The third-order valence-electron chi connectivity index (χ3n) is 5.02. The predicted octanol–water partition coefficient (Wildman–Crippen LogP) is -2.04. The number of hydrogen-bond donors (Lipinski definition) is 7. The van der Waals surface area contributed by atoms with Crippen molar-refractivity contribution in [3.8, 4) is 0 Å². The zero-order chi connectivity index (χ0) is 26.0. The van der Waals surface area contributed by atoms with Crippen molar-refractivity contribution in [2.24, 2.45) is 11.5 Å². The van der Waals surface area contributed by atoms with Crippen molar-refractivity contribution in [2.45, 2.75) is 50.4 Å². The van der Waals surface area contributed by atoms with Gasteiger partial charge >= 0.3 is 5.97 Å². The second-order valence-corrected chi connectivity index (χ2v) is 7.94. The zero-order valence-electron chi connectivity index (χ0n) is 19.1. The van der Waals surface area contributed by atoms with Crippen LogP contribution in [0.2, 0.25) is 0 Å². The molecule has 0 aliphatic carbocycles. The largest absolute Gasteiger partial charge is 0.480 e. The maximum atomic E-state index is 12.8. The van der Waals surface area contributed by atoms with E-state index < -0.39 is 60.2 Å². The van der Waals surface area contributed by atoms with Gasteiger partial charge in [0.05, 0.1) is 18.8 Å². The number of amides is 4. The number of benzene rings is 1. The van der Waals surface area contributed by atoms with Gasteiger partial charge < -0.3 is 37.5 Å². The van der Waals surface area contributed by atoms with Gasteiger partial charge in [0.2, 0.25) is 23.6 Å². The molecule has 9 N–H and O–H groups in total. The molecule has 4 atom stereocenters. The zero-order valence-corrected chi connectivity index (χ0v) is 19.1. The monoisotopic (exact) mass is 487 g/mol. The molecule has 0 fully saturated rings. The summed E-state index contributed by atoms with van der Waals surface area (Å²) < 4.78 is 0. The highest BCUT2D eigenvalue weighted by molar-refractivity contribution is 5.94. The molecule has 4 unspecified atom stereocenters. The van der Waals surface area contributed by atoms with Gasteiger partial charge in [-0.2, -0.15) is 0 Å². The number of aromatic amines is 1. The molecule has 188 valence electrons. The van der Waals surface area contributed by atoms with Crippen molar-refractivity contribution >= 4 is 29.6 Å². The Morgan fingerprint density at radius 2 is 1.63 bits per heavy atom. The molecule has 13 nitrogen and oxygen atoms in total. The smallest absolute Gasteiger partial charge is 0.326 e. The first kappa shape index (κ1) is 27.0. The minimum Gasteiger partial charge on any atom is -0.480 e. The molecule has 1 aromatic heterocycles. The van der Waals surface area contributed by atoms with E-state index in [-0.39, 0.29) is 12.8 Å². The lowest BCUT2D eigenvalue weighted by molar-refractivity contribution is -0.143. The summed E-state index contributed by atoms with van der Waals surface area (Å²) in [4.78, 5) is 67.1. The van der Waals surface area contributed by atoms with E-state index >= 15 is 0 Å². The Bertz CT molecular complexity index is 1030. The van der Waals surface area contributed by atoms with Gasteiger partial charge in [-0.25, -0.2) is 9.78 Å². The fraction of sp³-hybridized carbons (Fsp3) is 0.364. The standard InChI is InChI=1S/C22H29N7O6/c1-12(27-20(32)15(23)7-13-5-3-2-4-6-13)19(31)28-16(8-14-10-25-11-26-14)21(33)29-17(22(34)35)9-18(24)30/h2-6,10-12,15-17H,7-9,23H2,1H3,(H2,24,30)(H,25,26)(H,27,32)(H,28,31)(H,29,33)(H,34,35). The number of aromatic nitrogens is 2. The van der Waals surface area contributed by atoms with Crippen molar-refractivity contribution in [1.82, 2.24) is 25.9 Å². The number of carboxylic acid groups (broad SMARTS) is 1. The number of primary amides is 1. The quantitative estimate of drug-likeness (QED) is 0.166. The number of H-pyrrole nitrogens is 1. The molecule has 1 aromatic carbocycles. The van der Waals surface area contributed by atoms with Crippen LogP contribution in [0.1, 0.15) is 24.6 Å². The fourth-order valence-electron chi connectivity index (χ4n) is 3.14. The normalized spacial score (nSPS) is 14.1. The van der Waals surface area contributed by atoms with Crippen LogP contribution in [0, 0.1) is 0 Å². The number of carboxylic acids is 1. The minimum atomic E-state index is -1.57. The van der Waals surface area contributed by atoms with E-state index in [2.05, 4.69) is 25.9 Å². The minimum absolute atomic E-state index is 0.0608. The lowest BCUT2D eigenvalue weighted by Gasteiger charge is -2.23. The van der Waals surface area contributed by atoms with Gasteiger partial charge in [0.1, 0.15) is 18.1 Å². The van der Waals surface area contributed by atoms with E-state index in [1.807, 2.05) is 30.3 Å². The molecule has 0 spiro atoms. The maximum Gasteiger partial charge on any atom is 0.326 e.